The van der Waals surface area contributed by atoms with Crippen molar-refractivity contribution in [2.45, 2.75) is 32.7 Å². The van der Waals surface area contributed by atoms with E-state index in [9.17, 15) is 4.79 Å². The summed E-state index contributed by atoms with van der Waals surface area (Å²) in [7, 11) is 0. The highest BCUT2D eigenvalue weighted by atomic mass is 32.1. The predicted octanol–water partition coefficient (Wildman–Crippen LogP) is 3.11. The first-order chi connectivity index (χ1) is 9.11. The normalized spacial score (nSPS) is 14.4. The highest BCUT2D eigenvalue weighted by Gasteiger charge is 2.22. The second-order valence-electron chi connectivity index (χ2n) is 4.57. The molecule has 0 saturated heterocycles. The molecular weight excluding hydrogens is 280 g/mol. The van der Waals surface area contributed by atoms with Gasteiger partial charge in [-0.3, -0.25) is 4.79 Å². The van der Waals surface area contributed by atoms with Crippen molar-refractivity contribution in [3.8, 4) is 10.6 Å². The van der Waals surface area contributed by atoms with Crippen LogP contribution in [-0.2, 0) is 4.79 Å². The van der Waals surface area contributed by atoms with Crippen LogP contribution in [0.3, 0.4) is 0 Å². The van der Waals surface area contributed by atoms with Crippen molar-refractivity contribution in [1.82, 2.24) is 9.97 Å². The van der Waals surface area contributed by atoms with Crippen LogP contribution in [0.4, 0.5) is 10.3 Å². The van der Waals surface area contributed by atoms with E-state index in [1.54, 1.807) is 11.3 Å². The number of aromatic nitrogens is 2. The SMILES string of the molecule is CC(=O)Nc1nc(C)c(-c2csc(NC3CC3)n2)s1. The summed E-state index contributed by atoms with van der Waals surface area (Å²) in [5.74, 6) is -0.102. The fourth-order valence-electron chi connectivity index (χ4n) is 1.68. The largest absolute Gasteiger partial charge is 0.359 e. The average molecular weight is 294 g/mol. The lowest BCUT2D eigenvalue weighted by Crippen LogP contribution is -2.04. The van der Waals surface area contributed by atoms with Gasteiger partial charge in [0.05, 0.1) is 16.3 Å². The Morgan fingerprint density at radius 2 is 2.16 bits per heavy atom. The van der Waals surface area contributed by atoms with Crippen molar-refractivity contribution in [2.24, 2.45) is 0 Å². The molecule has 2 aromatic rings. The molecule has 1 amide bonds. The van der Waals surface area contributed by atoms with Gasteiger partial charge in [-0.1, -0.05) is 11.3 Å². The molecule has 2 N–H and O–H groups in total. The number of nitrogens with one attached hydrogen (secondary N) is 2. The van der Waals surface area contributed by atoms with Crippen molar-refractivity contribution in [3.63, 3.8) is 0 Å². The van der Waals surface area contributed by atoms with Crippen molar-refractivity contribution in [1.29, 1.82) is 0 Å². The molecule has 0 aliphatic heterocycles. The molecule has 1 fully saturated rings. The second-order valence-corrected chi connectivity index (χ2v) is 6.43. The number of amides is 1. The molecule has 7 heteroatoms. The van der Waals surface area contributed by atoms with Gasteiger partial charge >= 0.3 is 0 Å². The Morgan fingerprint density at radius 3 is 2.84 bits per heavy atom. The van der Waals surface area contributed by atoms with E-state index in [1.807, 2.05) is 12.3 Å². The van der Waals surface area contributed by atoms with Crippen LogP contribution in [0.15, 0.2) is 5.38 Å². The highest BCUT2D eigenvalue weighted by molar-refractivity contribution is 7.19. The Kier molecular flexibility index (Phi) is 3.24. The van der Waals surface area contributed by atoms with Gasteiger partial charge in [0.2, 0.25) is 5.91 Å². The van der Waals surface area contributed by atoms with E-state index in [-0.39, 0.29) is 5.91 Å². The van der Waals surface area contributed by atoms with Gasteiger partial charge in [0.1, 0.15) is 0 Å². The van der Waals surface area contributed by atoms with Gasteiger partial charge in [-0.15, -0.1) is 11.3 Å². The molecule has 0 aromatic carbocycles. The van der Waals surface area contributed by atoms with Crippen molar-refractivity contribution < 1.29 is 4.79 Å². The zero-order chi connectivity index (χ0) is 13.4. The summed E-state index contributed by atoms with van der Waals surface area (Å²) in [5, 5.41) is 9.72. The van der Waals surface area contributed by atoms with Crippen LogP contribution in [0.25, 0.3) is 10.6 Å². The van der Waals surface area contributed by atoms with Gasteiger partial charge in [-0.2, -0.15) is 0 Å². The van der Waals surface area contributed by atoms with Gasteiger partial charge in [-0.25, -0.2) is 9.97 Å². The second kappa shape index (κ2) is 4.90. The number of hydrogen-bond acceptors (Lipinski definition) is 6. The fraction of sp³-hybridized carbons (Fsp3) is 0.417. The highest BCUT2D eigenvalue weighted by Crippen LogP contribution is 2.35. The summed E-state index contributed by atoms with van der Waals surface area (Å²) in [4.78, 5) is 21.0. The van der Waals surface area contributed by atoms with E-state index < -0.39 is 0 Å². The van der Waals surface area contributed by atoms with E-state index in [1.165, 1.54) is 31.1 Å². The number of aryl methyl sites for hydroxylation is 1. The number of carbonyl (C=O) groups excluding carboxylic acids is 1. The molecule has 1 aliphatic rings. The Bertz CT molecular complexity index is 615. The van der Waals surface area contributed by atoms with Crippen molar-refractivity contribution >= 4 is 38.8 Å². The van der Waals surface area contributed by atoms with Gasteiger partial charge < -0.3 is 10.6 Å². The molecule has 100 valence electrons. The fourth-order valence-corrected chi connectivity index (χ4v) is 3.51. The summed E-state index contributed by atoms with van der Waals surface area (Å²) in [6.07, 6.45) is 2.47. The minimum atomic E-state index is -0.102. The number of rotatable bonds is 4. The van der Waals surface area contributed by atoms with E-state index in [4.69, 9.17) is 0 Å². The van der Waals surface area contributed by atoms with Gasteiger partial charge in [0.25, 0.3) is 0 Å². The molecule has 0 unspecified atom stereocenters. The van der Waals surface area contributed by atoms with E-state index >= 15 is 0 Å². The smallest absolute Gasteiger partial charge is 0.223 e. The number of thiazole rings is 2. The summed E-state index contributed by atoms with van der Waals surface area (Å²) in [5.41, 5.74) is 1.83. The molecule has 1 saturated carbocycles. The number of hydrogen-bond donors (Lipinski definition) is 2. The van der Waals surface area contributed by atoms with Crippen LogP contribution in [0.5, 0.6) is 0 Å². The minimum absolute atomic E-state index is 0.102. The molecule has 0 spiro atoms. The van der Waals surface area contributed by atoms with E-state index in [0.717, 1.165) is 21.4 Å². The van der Waals surface area contributed by atoms with Crippen LogP contribution in [0.1, 0.15) is 25.5 Å². The third kappa shape index (κ3) is 2.93. The lowest BCUT2D eigenvalue weighted by molar-refractivity contribution is -0.114. The van der Waals surface area contributed by atoms with E-state index in [2.05, 4.69) is 20.6 Å². The van der Waals surface area contributed by atoms with Gasteiger partial charge in [-0.05, 0) is 19.8 Å². The van der Waals surface area contributed by atoms with Crippen LogP contribution in [-0.4, -0.2) is 21.9 Å². The Morgan fingerprint density at radius 1 is 1.37 bits per heavy atom. The van der Waals surface area contributed by atoms with Gasteiger partial charge in [0, 0.05) is 18.3 Å². The molecular formula is C12H14N4OS2. The molecule has 2 heterocycles. The van der Waals surface area contributed by atoms with Crippen LogP contribution in [0, 0.1) is 6.92 Å². The molecule has 3 rings (SSSR count). The standard InChI is InChI=1S/C12H14N4OS2/c1-6-10(19-12(13-6)14-7(2)17)9-5-18-11(16-9)15-8-3-4-8/h5,8H,3-4H2,1-2H3,(H,15,16)(H,13,14,17). The zero-order valence-electron chi connectivity index (χ0n) is 10.7. The Hall–Kier alpha value is -1.47. The Balaban J connectivity index is 1.81. The van der Waals surface area contributed by atoms with E-state index in [0.29, 0.717) is 11.2 Å². The maximum atomic E-state index is 11.0. The third-order valence-electron chi connectivity index (χ3n) is 2.72. The van der Waals surface area contributed by atoms with Crippen LogP contribution < -0.4 is 10.6 Å². The average Bonchev–Trinajstić information content (AvgIpc) is 2.89. The number of carbonyl (C=O) groups is 1. The molecule has 19 heavy (non-hydrogen) atoms. The molecule has 0 bridgehead atoms. The zero-order valence-corrected chi connectivity index (χ0v) is 12.3. The third-order valence-corrected chi connectivity index (χ3v) is 4.59. The summed E-state index contributed by atoms with van der Waals surface area (Å²) in [6.45, 7) is 3.42. The molecule has 2 aromatic heterocycles. The summed E-state index contributed by atoms with van der Waals surface area (Å²) >= 11 is 3.08. The van der Waals surface area contributed by atoms with Crippen LogP contribution in [0.2, 0.25) is 0 Å². The minimum Gasteiger partial charge on any atom is -0.359 e. The molecule has 0 radical (unpaired) electrons. The van der Waals surface area contributed by atoms with Gasteiger partial charge in [0.15, 0.2) is 10.3 Å². The quantitative estimate of drug-likeness (QED) is 0.909. The first-order valence-electron chi connectivity index (χ1n) is 6.09. The lowest BCUT2D eigenvalue weighted by Gasteiger charge is -1.96. The molecule has 5 nitrogen and oxygen atoms in total. The molecule has 0 atom stereocenters. The first-order valence-corrected chi connectivity index (χ1v) is 7.79. The maximum absolute atomic E-state index is 11.0. The van der Waals surface area contributed by atoms with Crippen molar-refractivity contribution in [3.05, 3.63) is 11.1 Å². The number of anilines is 2. The lowest BCUT2D eigenvalue weighted by atomic mass is 10.3. The number of nitrogens with zero attached hydrogens (tertiary/aromatic N) is 2. The maximum Gasteiger partial charge on any atom is 0.223 e. The first kappa shape index (κ1) is 12.6. The molecule has 1 aliphatic carbocycles. The summed E-state index contributed by atoms with van der Waals surface area (Å²) in [6, 6.07) is 0.608. The Labute approximate surface area is 119 Å². The van der Waals surface area contributed by atoms with Crippen molar-refractivity contribution in [2.75, 3.05) is 10.6 Å². The van der Waals surface area contributed by atoms with Crippen LogP contribution >= 0.6 is 22.7 Å². The summed E-state index contributed by atoms with van der Waals surface area (Å²) < 4.78 is 0. The topological polar surface area (TPSA) is 66.9 Å². The predicted molar refractivity (Wildman–Crippen MR) is 78.9 cm³/mol. The monoisotopic (exact) mass is 294 g/mol.